The Kier molecular flexibility index (Phi) is 4.19. The summed E-state index contributed by atoms with van der Waals surface area (Å²) in [5.74, 6) is 0. The van der Waals surface area contributed by atoms with Crippen LogP contribution in [0.1, 0.15) is 48.4 Å². The predicted octanol–water partition coefficient (Wildman–Crippen LogP) is 3.26. The van der Waals surface area contributed by atoms with Crippen LogP contribution in [0.15, 0.2) is 18.2 Å². The summed E-state index contributed by atoms with van der Waals surface area (Å²) in [5, 5.41) is 0. The molecule has 2 N–H and O–H groups in total. The van der Waals surface area contributed by atoms with E-state index in [9.17, 15) is 0 Å². The number of nitrogens with two attached hydrogens (primary N) is 1. The number of rotatable bonds is 4. The number of ether oxygens (including phenoxy) is 1. The lowest BCUT2D eigenvalue weighted by molar-refractivity contribution is 0.0489. The third-order valence-electron chi connectivity index (χ3n) is 3.77. The van der Waals surface area contributed by atoms with Crippen LogP contribution in [-0.2, 0) is 4.74 Å². The van der Waals surface area contributed by atoms with Gasteiger partial charge in [0, 0.05) is 0 Å². The SMILES string of the molecule is Cc1ccc(C(N)COC2CCCC2)cc1C. The Morgan fingerprint density at radius 1 is 1.24 bits per heavy atom. The first-order valence-electron chi connectivity index (χ1n) is 6.61. The zero-order chi connectivity index (χ0) is 12.3. The second kappa shape index (κ2) is 5.65. The Morgan fingerprint density at radius 2 is 1.94 bits per heavy atom. The summed E-state index contributed by atoms with van der Waals surface area (Å²) in [6.07, 6.45) is 5.49. The zero-order valence-corrected chi connectivity index (χ0v) is 10.9. The standard InChI is InChI=1S/C15H23NO/c1-11-7-8-13(9-12(11)2)15(16)10-17-14-5-3-4-6-14/h7-9,14-15H,3-6,10,16H2,1-2H3. The quantitative estimate of drug-likeness (QED) is 0.866. The van der Waals surface area contributed by atoms with Gasteiger partial charge in [0.15, 0.2) is 0 Å². The highest BCUT2D eigenvalue weighted by Crippen LogP contribution is 2.23. The van der Waals surface area contributed by atoms with E-state index in [0.717, 1.165) is 0 Å². The fourth-order valence-electron chi connectivity index (χ4n) is 2.39. The van der Waals surface area contributed by atoms with E-state index in [4.69, 9.17) is 10.5 Å². The maximum Gasteiger partial charge on any atom is 0.0663 e. The van der Waals surface area contributed by atoms with Crippen molar-refractivity contribution in [2.75, 3.05) is 6.61 Å². The second-order valence-corrected chi connectivity index (χ2v) is 5.19. The molecule has 0 bridgehead atoms. The van der Waals surface area contributed by atoms with E-state index >= 15 is 0 Å². The van der Waals surface area contributed by atoms with Gasteiger partial charge in [0.25, 0.3) is 0 Å². The lowest BCUT2D eigenvalue weighted by Gasteiger charge is -2.17. The minimum absolute atomic E-state index is 0.00917. The number of hydrogen-bond donors (Lipinski definition) is 1. The normalized spacial score (nSPS) is 18.5. The van der Waals surface area contributed by atoms with E-state index < -0.39 is 0 Å². The van der Waals surface area contributed by atoms with Crippen molar-refractivity contribution in [1.29, 1.82) is 0 Å². The van der Waals surface area contributed by atoms with Crippen molar-refractivity contribution < 1.29 is 4.74 Å². The third-order valence-corrected chi connectivity index (χ3v) is 3.77. The van der Waals surface area contributed by atoms with Gasteiger partial charge in [-0.25, -0.2) is 0 Å². The lowest BCUT2D eigenvalue weighted by Crippen LogP contribution is -2.21. The van der Waals surface area contributed by atoms with E-state index in [0.29, 0.717) is 12.7 Å². The molecule has 0 spiro atoms. The molecule has 1 aliphatic rings. The summed E-state index contributed by atoms with van der Waals surface area (Å²) in [5.41, 5.74) is 9.98. The summed E-state index contributed by atoms with van der Waals surface area (Å²) in [6.45, 7) is 4.90. The third kappa shape index (κ3) is 3.30. The molecule has 2 heteroatoms. The Balaban J connectivity index is 1.89. The van der Waals surface area contributed by atoms with Crippen LogP contribution in [0, 0.1) is 13.8 Å². The number of benzene rings is 1. The van der Waals surface area contributed by atoms with E-state index in [1.807, 2.05) is 0 Å². The second-order valence-electron chi connectivity index (χ2n) is 5.19. The molecule has 2 rings (SSSR count). The van der Waals surface area contributed by atoms with Gasteiger partial charge in [-0.1, -0.05) is 31.0 Å². The van der Waals surface area contributed by atoms with Crippen LogP contribution in [0.2, 0.25) is 0 Å². The van der Waals surface area contributed by atoms with E-state index in [1.165, 1.54) is 42.4 Å². The molecule has 1 atom stereocenters. The van der Waals surface area contributed by atoms with E-state index in [2.05, 4.69) is 32.0 Å². The number of aryl methyl sites for hydroxylation is 2. The summed E-state index contributed by atoms with van der Waals surface area (Å²) in [6, 6.07) is 6.44. The van der Waals surface area contributed by atoms with E-state index in [1.54, 1.807) is 0 Å². The monoisotopic (exact) mass is 233 g/mol. The summed E-state index contributed by atoms with van der Waals surface area (Å²) >= 11 is 0. The lowest BCUT2D eigenvalue weighted by atomic mass is 10.0. The van der Waals surface area contributed by atoms with Gasteiger partial charge < -0.3 is 10.5 Å². The topological polar surface area (TPSA) is 35.2 Å². The van der Waals surface area contributed by atoms with Crippen molar-refractivity contribution in [1.82, 2.24) is 0 Å². The molecule has 0 saturated heterocycles. The van der Waals surface area contributed by atoms with Crippen LogP contribution in [0.25, 0.3) is 0 Å². The van der Waals surface area contributed by atoms with Gasteiger partial charge >= 0.3 is 0 Å². The average molecular weight is 233 g/mol. The van der Waals surface area contributed by atoms with Crippen LogP contribution in [0.4, 0.5) is 0 Å². The Labute approximate surface area is 104 Å². The molecule has 0 aliphatic heterocycles. The molecular weight excluding hydrogens is 210 g/mol. The predicted molar refractivity (Wildman–Crippen MR) is 71.1 cm³/mol. The minimum Gasteiger partial charge on any atom is -0.376 e. The maximum absolute atomic E-state index is 6.17. The Morgan fingerprint density at radius 3 is 2.59 bits per heavy atom. The molecule has 0 heterocycles. The fourth-order valence-corrected chi connectivity index (χ4v) is 2.39. The molecule has 1 aliphatic carbocycles. The molecule has 94 valence electrons. The van der Waals surface area contributed by atoms with Crippen molar-refractivity contribution >= 4 is 0 Å². The van der Waals surface area contributed by atoms with Crippen LogP contribution >= 0.6 is 0 Å². The molecule has 17 heavy (non-hydrogen) atoms. The van der Waals surface area contributed by atoms with Crippen molar-refractivity contribution in [3.05, 3.63) is 34.9 Å². The highest BCUT2D eigenvalue weighted by Gasteiger charge is 2.17. The van der Waals surface area contributed by atoms with Crippen LogP contribution < -0.4 is 5.73 Å². The van der Waals surface area contributed by atoms with Gasteiger partial charge in [-0.05, 0) is 43.4 Å². The van der Waals surface area contributed by atoms with Gasteiger partial charge in [-0.3, -0.25) is 0 Å². The van der Waals surface area contributed by atoms with Crippen molar-refractivity contribution in [3.8, 4) is 0 Å². The van der Waals surface area contributed by atoms with Gasteiger partial charge in [0.1, 0.15) is 0 Å². The summed E-state index contributed by atoms with van der Waals surface area (Å²) < 4.78 is 5.86. The largest absolute Gasteiger partial charge is 0.376 e. The molecule has 0 amide bonds. The van der Waals surface area contributed by atoms with Gasteiger partial charge in [0.2, 0.25) is 0 Å². The molecule has 1 aromatic carbocycles. The molecule has 1 unspecified atom stereocenters. The van der Waals surface area contributed by atoms with Crippen molar-refractivity contribution in [3.63, 3.8) is 0 Å². The first-order chi connectivity index (χ1) is 8.16. The zero-order valence-electron chi connectivity index (χ0n) is 10.9. The van der Waals surface area contributed by atoms with Crippen molar-refractivity contribution in [2.24, 2.45) is 5.73 Å². The highest BCUT2D eigenvalue weighted by atomic mass is 16.5. The van der Waals surface area contributed by atoms with Crippen LogP contribution in [0.5, 0.6) is 0 Å². The van der Waals surface area contributed by atoms with Crippen LogP contribution in [-0.4, -0.2) is 12.7 Å². The summed E-state index contributed by atoms with van der Waals surface area (Å²) in [7, 11) is 0. The average Bonchev–Trinajstić information content (AvgIpc) is 2.82. The Bertz CT molecular complexity index is 369. The van der Waals surface area contributed by atoms with E-state index in [-0.39, 0.29) is 6.04 Å². The smallest absolute Gasteiger partial charge is 0.0663 e. The van der Waals surface area contributed by atoms with Gasteiger partial charge in [-0.15, -0.1) is 0 Å². The van der Waals surface area contributed by atoms with Gasteiger partial charge in [-0.2, -0.15) is 0 Å². The Hall–Kier alpha value is -0.860. The first kappa shape index (κ1) is 12.6. The molecule has 2 nitrogen and oxygen atoms in total. The fraction of sp³-hybridized carbons (Fsp3) is 0.600. The molecule has 0 aromatic heterocycles. The van der Waals surface area contributed by atoms with Crippen LogP contribution in [0.3, 0.4) is 0 Å². The minimum atomic E-state index is 0.00917. The molecule has 1 saturated carbocycles. The highest BCUT2D eigenvalue weighted by molar-refractivity contribution is 5.31. The molecule has 0 radical (unpaired) electrons. The molecular formula is C15H23NO. The maximum atomic E-state index is 6.17. The molecule has 1 aromatic rings. The summed E-state index contributed by atoms with van der Waals surface area (Å²) in [4.78, 5) is 0. The first-order valence-corrected chi connectivity index (χ1v) is 6.61. The molecule has 1 fully saturated rings. The van der Waals surface area contributed by atoms with Gasteiger partial charge in [0.05, 0.1) is 18.8 Å². The van der Waals surface area contributed by atoms with Crippen molar-refractivity contribution in [2.45, 2.75) is 51.7 Å². The number of hydrogen-bond acceptors (Lipinski definition) is 2.